The van der Waals surface area contributed by atoms with Gasteiger partial charge in [-0.25, -0.2) is 0 Å². The van der Waals surface area contributed by atoms with Gasteiger partial charge in [-0.1, -0.05) is 6.42 Å². The van der Waals surface area contributed by atoms with Crippen molar-refractivity contribution in [3.63, 3.8) is 0 Å². The number of ether oxygens (including phenoxy) is 4. The molecule has 2 fully saturated rings. The van der Waals surface area contributed by atoms with Crippen molar-refractivity contribution in [3.8, 4) is 12.3 Å². The van der Waals surface area contributed by atoms with E-state index in [1.54, 1.807) is 0 Å². The number of terminal acetylenes is 1. The van der Waals surface area contributed by atoms with E-state index in [1.807, 2.05) is 0 Å². The first kappa shape index (κ1) is 26.9. The van der Waals surface area contributed by atoms with Gasteiger partial charge in [-0.05, 0) is 12.8 Å². The molecule has 32 heavy (non-hydrogen) atoms. The second-order valence-corrected chi connectivity index (χ2v) is 7.80. The Morgan fingerprint density at radius 3 is 1.94 bits per heavy atom. The zero-order valence-corrected chi connectivity index (χ0v) is 17.5. The summed E-state index contributed by atoms with van der Waals surface area (Å²) in [5.74, 6) is 1.96. The van der Waals surface area contributed by atoms with Gasteiger partial charge in [-0.3, -0.25) is 4.79 Å². The Balaban J connectivity index is 1.91. The Morgan fingerprint density at radius 2 is 1.38 bits per heavy atom. The van der Waals surface area contributed by atoms with Crippen LogP contribution >= 0.6 is 0 Å². The molecule has 2 aliphatic heterocycles. The Labute approximate surface area is 185 Å². The molecule has 0 aromatic carbocycles. The van der Waals surface area contributed by atoms with Crippen LogP contribution in [0.1, 0.15) is 32.1 Å². The first-order chi connectivity index (χ1) is 15.2. The maximum atomic E-state index is 11.9. The number of esters is 1. The summed E-state index contributed by atoms with van der Waals surface area (Å²) >= 11 is 0. The predicted molar refractivity (Wildman–Crippen MR) is 104 cm³/mol. The summed E-state index contributed by atoms with van der Waals surface area (Å²) in [5, 5.41) is 69.4. The van der Waals surface area contributed by atoms with Gasteiger partial charge in [-0.15, -0.1) is 12.3 Å². The quantitative estimate of drug-likeness (QED) is 0.0970. The number of unbranched alkanes of at least 4 members (excludes halogenated alkanes) is 3. The topological polar surface area (TPSA) is 196 Å². The molecule has 0 aromatic rings. The van der Waals surface area contributed by atoms with Crippen LogP contribution in [0.2, 0.25) is 0 Å². The summed E-state index contributed by atoms with van der Waals surface area (Å²) < 4.78 is 21.0. The van der Waals surface area contributed by atoms with Crippen LogP contribution in [0.15, 0.2) is 0 Å². The fourth-order valence-electron chi connectivity index (χ4n) is 3.40. The molecule has 0 amide bonds. The first-order valence-electron chi connectivity index (χ1n) is 10.5. The molecule has 4 unspecified atom stereocenters. The van der Waals surface area contributed by atoms with Crippen LogP contribution in [0.25, 0.3) is 0 Å². The van der Waals surface area contributed by atoms with E-state index in [9.17, 15) is 40.5 Å². The molecule has 0 aliphatic carbocycles. The first-order valence-corrected chi connectivity index (χ1v) is 10.5. The van der Waals surface area contributed by atoms with E-state index in [4.69, 9.17) is 25.4 Å². The van der Waals surface area contributed by atoms with Crippen molar-refractivity contribution in [1.29, 1.82) is 0 Å². The SMILES string of the molecule is C#CCCCCCC(=O)OCC1O[C@H](O[C@H]2OC(CO)[C@@H](O)[C@@H](O)C2O)[C@@H](O)C(O)[C@@H]1O. The molecular formula is C20H32O12. The predicted octanol–water partition coefficient (Wildman–Crippen LogP) is -3.26. The fraction of sp³-hybridized carbons (Fsp3) is 0.850. The summed E-state index contributed by atoms with van der Waals surface area (Å²) in [6.45, 7) is -1.13. The van der Waals surface area contributed by atoms with Crippen molar-refractivity contribution in [2.24, 2.45) is 0 Å². The highest BCUT2D eigenvalue weighted by Crippen LogP contribution is 2.28. The monoisotopic (exact) mass is 464 g/mol. The lowest BCUT2D eigenvalue weighted by Gasteiger charge is -2.44. The van der Waals surface area contributed by atoms with Crippen LogP contribution < -0.4 is 0 Å². The molecule has 2 aliphatic rings. The van der Waals surface area contributed by atoms with E-state index in [0.717, 1.165) is 12.8 Å². The van der Waals surface area contributed by atoms with E-state index in [0.29, 0.717) is 12.8 Å². The third-order valence-corrected chi connectivity index (χ3v) is 5.40. The minimum atomic E-state index is -1.78. The highest BCUT2D eigenvalue weighted by molar-refractivity contribution is 5.69. The van der Waals surface area contributed by atoms with Crippen molar-refractivity contribution in [2.45, 2.75) is 93.5 Å². The number of hydrogen-bond acceptors (Lipinski definition) is 12. The van der Waals surface area contributed by atoms with Gasteiger partial charge in [0.1, 0.15) is 55.4 Å². The molecule has 184 valence electrons. The molecule has 7 N–H and O–H groups in total. The van der Waals surface area contributed by atoms with Gasteiger partial charge in [-0.2, -0.15) is 0 Å². The van der Waals surface area contributed by atoms with Crippen LogP contribution in [0.4, 0.5) is 0 Å². The van der Waals surface area contributed by atoms with Gasteiger partial charge in [0.25, 0.3) is 0 Å². The van der Waals surface area contributed by atoms with E-state index < -0.39 is 80.6 Å². The molecule has 0 spiro atoms. The van der Waals surface area contributed by atoms with Crippen LogP contribution in [0, 0.1) is 12.3 Å². The van der Waals surface area contributed by atoms with Crippen LogP contribution in [0.3, 0.4) is 0 Å². The van der Waals surface area contributed by atoms with Gasteiger partial charge in [0.15, 0.2) is 12.6 Å². The number of aliphatic hydroxyl groups is 7. The Bertz CT molecular complexity index is 622. The van der Waals surface area contributed by atoms with E-state index in [1.165, 1.54) is 0 Å². The molecule has 0 aromatic heterocycles. The van der Waals surface area contributed by atoms with Crippen molar-refractivity contribution in [1.82, 2.24) is 0 Å². The maximum absolute atomic E-state index is 11.9. The molecule has 0 saturated carbocycles. The molecule has 0 radical (unpaired) electrons. The van der Waals surface area contributed by atoms with E-state index in [-0.39, 0.29) is 6.42 Å². The van der Waals surface area contributed by atoms with Gasteiger partial charge in [0.05, 0.1) is 6.61 Å². The van der Waals surface area contributed by atoms with Crippen molar-refractivity contribution in [3.05, 3.63) is 0 Å². The second-order valence-electron chi connectivity index (χ2n) is 7.80. The highest BCUT2D eigenvalue weighted by Gasteiger charge is 2.49. The van der Waals surface area contributed by atoms with Crippen LogP contribution in [0.5, 0.6) is 0 Å². The number of carbonyl (C=O) groups excluding carboxylic acids is 1. The lowest BCUT2D eigenvalue weighted by atomic mass is 9.98. The van der Waals surface area contributed by atoms with Gasteiger partial charge < -0.3 is 54.7 Å². The van der Waals surface area contributed by atoms with Crippen molar-refractivity contribution in [2.75, 3.05) is 13.2 Å². The minimum Gasteiger partial charge on any atom is -0.463 e. The lowest BCUT2D eigenvalue weighted by Crippen LogP contribution is -2.63. The zero-order chi connectivity index (χ0) is 23.8. The maximum Gasteiger partial charge on any atom is 0.305 e. The van der Waals surface area contributed by atoms with Crippen molar-refractivity contribution >= 4 is 5.97 Å². The molecule has 2 rings (SSSR count). The van der Waals surface area contributed by atoms with Crippen LogP contribution in [-0.4, -0.2) is 116 Å². The van der Waals surface area contributed by atoms with Gasteiger partial charge in [0.2, 0.25) is 0 Å². The third-order valence-electron chi connectivity index (χ3n) is 5.40. The van der Waals surface area contributed by atoms with E-state index >= 15 is 0 Å². The Morgan fingerprint density at radius 1 is 0.812 bits per heavy atom. The second kappa shape index (κ2) is 12.8. The van der Waals surface area contributed by atoms with Gasteiger partial charge >= 0.3 is 5.97 Å². The molecule has 2 saturated heterocycles. The van der Waals surface area contributed by atoms with E-state index in [2.05, 4.69) is 5.92 Å². The average molecular weight is 464 g/mol. The summed E-state index contributed by atoms with van der Waals surface area (Å²) in [7, 11) is 0. The average Bonchev–Trinajstić information content (AvgIpc) is 2.78. The highest BCUT2D eigenvalue weighted by atomic mass is 16.8. The number of carbonyl (C=O) groups is 1. The minimum absolute atomic E-state index is 0.128. The normalized spacial score (nSPS) is 39.9. The summed E-state index contributed by atoms with van der Waals surface area (Å²) in [4.78, 5) is 11.9. The molecule has 10 atom stereocenters. The number of hydrogen-bond donors (Lipinski definition) is 7. The molecular weight excluding hydrogens is 432 g/mol. The number of aliphatic hydroxyl groups excluding tert-OH is 7. The largest absolute Gasteiger partial charge is 0.463 e. The van der Waals surface area contributed by atoms with Gasteiger partial charge in [0, 0.05) is 12.8 Å². The van der Waals surface area contributed by atoms with Crippen molar-refractivity contribution < 1.29 is 59.5 Å². The lowest BCUT2D eigenvalue weighted by molar-refractivity contribution is -0.376. The van der Waals surface area contributed by atoms with Crippen LogP contribution in [-0.2, 0) is 23.7 Å². The Hall–Kier alpha value is -1.37. The third kappa shape index (κ3) is 6.82. The Kier molecular flexibility index (Phi) is 10.7. The number of rotatable bonds is 10. The summed E-state index contributed by atoms with van der Waals surface area (Å²) in [5.41, 5.74) is 0. The standard InChI is InChI=1S/C20H32O12/c1-2-3-4-5-6-7-12(22)29-9-11-14(24)16(26)18(28)20(31-11)32-19-17(27)15(25)13(23)10(8-21)30-19/h1,10-11,13-21,23-28H,3-9H2/t10?,11?,13-,14-,15-,16?,17?,18+,19-,20-/m1/s1. The summed E-state index contributed by atoms with van der Waals surface area (Å²) in [6, 6.07) is 0. The smallest absolute Gasteiger partial charge is 0.305 e. The zero-order valence-electron chi connectivity index (χ0n) is 17.5. The summed E-state index contributed by atoms with van der Waals surface area (Å²) in [6.07, 6.45) is -8.04. The fourth-order valence-corrected chi connectivity index (χ4v) is 3.40. The molecule has 12 heteroatoms. The molecule has 0 bridgehead atoms. The molecule has 12 nitrogen and oxygen atoms in total. The molecule has 2 heterocycles.